The number of nitro benzene ring substituents is 1. The Morgan fingerprint density at radius 3 is 2.22 bits per heavy atom. The summed E-state index contributed by atoms with van der Waals surface area (Å²) < 4.78 is 0. The molecular formula is C12H18N2O4. The summed E-state index contributed by atoms with van der Waals surface area (Å²) in [6.45, 7) is -0.520. The second kappa shape index (κ2) is 6.44. The van der Waals surface area contributed by atoms with Crippen LogP contribution in [0, 0.1) is 10.1 Å². The summed E-state index contributed by atoms with van der Waals surface area (Å²) >= 11 is 0. The molecule has 0 spiro atoms. The summed E-state index contributed by atoms with van der Waals surface area (Å²) in [4.78, 5) is 10.0. The van der Waals surface area contributed by atoms with Gasteiger partial charge in [0, 0.05) is 12.1 Å². The number of aliphatic hydroxyl groups excluding tert-OH is 2. The summed E-state index contributed by atoms with van der Waals surface area (Å²) in [7, 11) is 0. The molecule has 0 saturated carbocycles. The molecule has 0 heterocycles. The molecule has 4 N–H and O–H groups in total. The number of non-ortho nitro benzene ring substituents is 1. The fraction of sp³-hybridized carbons (Fsp3) is 0.500. The van der Waals surface area contributed by atoms with Crippen LogP contribution >= 0.6 is 0 Å². The van der Waals surface area contributed by atoms with Gasteiger partial charge < -0.3 is 15.9 Å². The highest BCUT2D eigenvalue weighted by molar-refractivity contribution is 5.32. The van der Waals surface area contributed by atoms with E-state index in [0.717, 1.165) is 5.56 Å². The second-order valence-electron chi connectivity index (χ2n) is 4.46. The van der Waals surface area contributed by atoms with Crippen LogP contribution in [0.2, 0.25) is 0 Å². The second-order valence-corrected chi connectivity index (χ2v) is 4.46. The molecule has 18 heavy (non-hydrogen) atoms. The van der Waals surface area contributed by atoms with E-state index in [9.17, 15) is 10.1 Å². The van der Waals surface area contributed by atoms with E-state index in [2.05, 4.69) is 0 Å². The smallest absolute Gasteiger partial charge is 0.269 e. The monoisotopic (exact) mass is 254 g/mol. The molecule has 0 aliphatic heterocycles. The third-order valence-electron chi connectivity index (χ3n) is 2.92. The van der Waals surface area contributed by atoms with Crippen LogP contribution in [0.1, 0.15) is 18.4 Å². The van der Waals surface area contributed by atoms with Gasteiger partial charge in [0.2, 0.25) is 0 Å². The zero-order valence-corrected chi connectivity index (χ0v) is 10.1. The molecule has 100 valence electrons. The van der Waals surface area contributed by atoms with Crippen molar-refractivity contribution in [3.63, 3.8) is 0 Å². The van der Waals surface area contributed by atoms with Crippen LogP contribution in [0.4, 0.5) is 5.69 Å². The molecule has 0 radical (unpaired) electrons. The van der Waals surface area contributed by atoms with Crippen LogP contribution in [0.5, 0.6) is 0 Å². The number of aliphatic hydroxyl groups is 2. The average molecular weight is 254 g/mol. The first-order chi connectivity index (χ1) is 8.50. The first-order valence-electron chi connectivity index (χ1n) is 5.75. The molecule has 0 unspecified atom stereocenters. The predicted molar refractivity (Wildman–Crippen MR) is 67.1 cm³/mol. The molecular weight excluding hydrogens is 236 g/mol. The molecule has 0 aromatic heterocycles. The van der Waals surface area contributed by atoms with Crippen molar-refractivity contribution in [3.8, 4) is 0 Å². The van der Waals surface area contributed by atoms with Gasteiger partial charge >= 0.3 is 0 Å². The van der Waals surface area contributed by atoms with Crippen LogP contribution in [0.25, 0.3) is 0 Å². The van der Waals surface area contributed by atoms with Gasteiger partial charge in [-0.05, 0) is 24.8 Å². The zero-order chi connectivity index (χ0) is 13.6. The van der Waals surface area contributed by atoms with Crippen molar-refractivity contribution < 1.29 is 15.1 Å². The molecule has 1 aromatic carbocycles. The SMILES string of the molecule is NC(CO)(CO)CCCc1ccc([N+](=O)[O-])cc1. The standard InChI is InChI=1S/C12H18N2O4/c13-12(8-15,9-16)7-1-2-10-3-5-11(6-4-10)14(17)18/h3-6,15-16H,1-2,7-9,13H2. The summed E-state index contributed by atoms with van der Waals surface area (Å²) in [5, 5.41) is 28.5. The molecule has 0 aliphatic rings. The summed E-state index contributed by atoms with van der Waals surface area (Å²) in [6, 6.07) is 6.33. The highest BCUT2D eigenvalue weighted by atomic mass is 16.6. The lowest BCUT2D eigenvalue weighted by atomic mass is 9.94. The van der Waals surface area contributed by atoms with Crippen LogP contribution in [-0.4, -0.2) is 33.9 Å². The molecule has 0 bridgehead atoms. The van der Waals surface area contributed by atoms with Crippen molar-refractivity contribution in [3.05, 3.63) is 39.9 Å². The topological polar surface area (TPSA) is 110 Å². The van der Waals surface area contributed by atoms with E-state index in [0.29, 0.717) is 19.3 Å². The van der Waals surface area contributed by atoms with Gasteiger partial charge in [0.05, 0.1) is 23.7 Å². The van der Waals surface area contributed by atoms with Gasteiger partial charge in [-0.1, -0.05) is 12.1 Å². The number of hydrogen-bond donors (Lipinski definition) is 3. The van der Waals surface area contributed by atoms with Crippen molar-refractivity contribution in [2.45, 2.75) is 24.8 Å². The van der Waals surface area contributed by atoms with Gasteiger partial charge in [0.25, 0.3) is 5.69 Å². The van der Waals surface area contributed by atoms with Crippen molar-refractivity contribution in [2.75, 3.05) is 13.2 Å². The highest BCUT2D eigenvalue weighted by Crippen LogP contribution is 2.15. The van der Waals surface area contributed by atoms with E-state index in [1.807, 2.05) is 0 Å². The molecule has 6 heteroatoms. The van der Waals surface area contributed by atoms with Crippen molar-refractivity contribution >= 4 is 5.69 Å². The van der Waals surface area contributed by atoms with Gasteiger partial charge in [-0.15, -0.1) is 0 Å². The Bertz CT molecular complexity index is 388. The largest absolute Gasteiger partial charge is 0.394 e. The Morgan fingerprint density at radius 2 is 1.78 bits per heavy atom. The number of aryl methyl sites for hydroxylation is 1. The van der Waals surface area contributed by atoms with E-state index in [4.69, 9.17) is 15.9 Å². The maximum Gasteiger partial charge on any atom is 0.269 e. The average Bonchev–Trinajstić information content (AvgIpc) is 2.39. The summed E-state index contributed by atoms with van der Waals surface area (Å²) in [5.74, 6) is 0. The highest BCUT2D eigenvalue weighted by Gasteiger charge is 2.22. The van der Waals surface area contributed by atoms with Gasteiger partial charge in [-0.2, -0.15) is 0 Å². The fourth-order valence-electron chi connectivity index (χ4n) is 1.64. The van der Waals surface area contributed by atoms with Gasteiger partial charge in [-0.3, -0.25) is 10.1 Å². The molecule has 0 aliphatic carbocycles. The number of hydrogen-bond acceptors (Lipinski definition) is 5. The van der Waals surface area contributed by atoms with E-state index in [1.54, 1.807) is 12.1 Å². The normalized spacial score (nSPS) is 11.5. The van der Waals surface area contributed by atoms with Crippen LogP contribution in [0.3, 0.4) is 0 Å². The maximum absolute atomic E-state index is 10.5. The fourth-order valence-corrected chi connectivity index (χ4v) is 1.64. The molecule has 0 fully saturated rings. The maximum atomic E-state index is 10.5. The lowest BCUT2D eigenvalue weighted by Gasteiger charge is -2.24. The molecule has 1 rings (SSSR count). The lowest BCUT2D eigenvalue weighted by Crippen LogP contribution is -2.47. The Hall–Kier alpha value is -1.50. The molecule has 0 amide bonds. The molecule has 0 atom stereocenters. The van der Waals surface area contributed by atoms with E-state index in [1.165, 1.54) is 12.1 Å². The lowest BCUT2D eigenvalue weighted by molar-refractivity contribution is -0.384. The first kappa shape index (κ1) is 14.6. The molecule has 1 aromatic rings. The number of nitro groups is 1. The first-order valence-corrected chi connectivity index (χ1v) is 5.75. The van der Waals surface area contributed by atoms with Gasteiger partial charge in [0.1, 0.15) is 0 Å². The summed E-state index contributed by atoms with van der Waals surface area (Å²) in [5.41, 5.74) is 5.83. The Kier molecular flexibility index (Phi) is 5.21. The number of nitrogens with two attached hydrogens (primary N) is 1. The minimum atomic E-state index is -0.944. The Morgan fingerprint density at radius 1 is 1.22 bits per heavy atom. The van der Waals surface area contributed by atoms with E-state index in [-0.39, 0.29) is 18.9 Å². The van der Waals surface area contributed by atoms with Crippen LogP contribution in [-0.2, 0) is 6.42 Å². The van der Waals surface area contributed by atoms with Crippen molar-refractivity contribution in [2.24, 2.45) is 5.73 Å². The van der Waals surface area contributed by atoms with Crippen LogP contribution in [0.15, 0.2) is 24.3 Å². The van der Waals surface area contributed by atoms with Gasteiger partial charge in [-0.25, -0.2) is 0 Å². The quantitative estimate of drug-likeness (QED) is 0.487. The zero-order valence-electron chi connectivity index (χ0n) is 10.1. The van der Waals surface area contributed by atoms with E-state index >= 15 is 0 Å². The Balaban J connectivity index is 2.47. The number of rotatable bonds is 7. The van der Waals surface area contributed by atoms with Crippen molar-refractivity contribution in [1.82, 2.24) is 0 Å². The van der Waals surface area contributed by atoms with E-state index < -0.39 is 10.5 Å². The predicted octanol–water partition coefficient (Wildman–Crippen LogP) is 0.600. The van der Waals surface area contributed by atoms with Crippen molar-refractivity contribution in [1.29, 1.82) is 0 Å². The number of nitrogens with zero attached hydrogens (tertiary/aromatic N) is 1. The Labute approximate surface area is 105 Å². The minimum absolute atomic E-state index is 0.0673. The third kappa shape index (κ3) is 4.06. The van der Waals surface area contributed by atoms with Crippen LogP contribution < -0.4 is 5.73 Å². The number of benzene rings is 1. The third-order valence-corrected chi connectivity index (χ3v) is 2.92. The van der Waals surface area contributed by atoms with Gasteiger partial charge in [0.15, 0.2) is 0 Å². The molecule has 0 saturated heterocycles. The minimum Gasteiger partial charge on any atom is -0.394 e. The summed E-state index contributed by atoms with van der Waals surface area (Å²) in [6.07, 6.45) is 1.91. The molecule has 6 nitrogen and oxygen atoms in total.